The maximum Gasteiger partial charge on any atom is 0.0479 e. The molecule has 1 fully saturated rings. The van der Waals surface area contributed by atoms with Crippen molar-refractivity contribution >= 4 is 10.9 Å². The molecule has 4 rings (SSSR count). The number of piperidine rings is 1. The number of rotatable bonds is 6. The first-order valence-corrected chi connectivity index (χ1v) is 9.82. The van der Waals surface area contributed by atoms with Crippen LogP contribution in [0.3, 0.4) is 0 Å². The number of hydrogen-bond donors (Lipinski definition) is 1. The van der Waals surface area contributed by atoms with E-state index in [9.17, 15) is 0 Å². The van der Waals surface area contributed by atoms with Crippen molar-refractivity contribution in [1.29, 1.82) is 0 Å². The number of likely N-dealkylation sites (tertiary alicyclic amines) is 1. The number of fused-ring (bicyclic) bond motifs is 1. The first-order chi connectivity index (χ1) is 12.8. The van der Waals surface area contributed by atoms with Crippen molar-refractivity contribution in [3.63, 3.8) is 0 Å². The van der Waals surface area contributed by atoms with E-state index >= 15 is 0 Å². The first-order valence-electron chi connectivity index (χ1n) is 9.82. The fourth-order valence-corrected chi connectivity index (χ4v) is 4.13. The molecule has 0 atom stereocenters. The van der Waals surface area contributed by atoms with Gasteiger partial charge in [0.15, 0.2) is 0 Å². The zero-order valence-corrected chi connectivity index (χ0v) is 15.7. The van der Waals surface area contributed by atoms with E-state index in [4.69, 9.17) is 0 Å². The summed E-state index contributed by atoms with van der Waals surface area (Å²) in [5, 5.41) is 5.13. The fourth-order valence-electron chi connectivity index (χ4n) is 4.13. The van der Waals surface area contributed by atoms with Crippen LogP contribution in [0.4, 0.5) is 0 Å². The highest BCUT2D eigenvalue weighted by Crippen LogP contribution is 2.19. The maximum absolute atomic E-state index is 3.79. The minimum atomic E-state index is 0.664. The van der Waals surface area contributed by atoms with Crippen LogP contribution in [0.15, 0.2) is 60.7 Å². The van der Waals surface area contributed by atoms with Gasteiger partial charge in [-0.1, -0.05) is 48.5 Å². The summed E-state index contributed by atoms with van der Waals surface area (Å²) in [5.74, 6) is 0. The number of nitrogens with zero attached hydrogens (tertiary/aromatic N) is 2. The van der Waals surface area contributed by atoms with Gasteiger partial charge in [-0.15, -0.1) is 0 Å². The van der Waals surface area contributed by atoms with Crippen LogP contribution in [0.1, 0.15) is 24.1 Å². The van der Waals surface area contributed by atoms with Gasteiger partial charge in [-0.3, -0.25) is 4.90 Å². The molecule has 1 N–H and O–H groups in total. The molecule has 1 aromatic heterocycles. The van der Waals surface area contributed by atoms with Crippen LogP contribution in [0, 0.1) is 0 Å². The number of hydrogen-bond acceptors (Lipinski definition) is 2. The molecule has 0 radical (unpaired) electrons. The van der Waals surface area contributed by atoms with Crippen molar-refractivity contribution in [2.45, 2.75) is 31.8 Å². The van der Waals surface area contributed by atoms with Crippen LogP contribution in [0.2, 0.25) is 0 Å². The summed E-state index contributed by atoms with van der Waals surface area (Å²) in [6.45, 7) is 4.54. The van der Waals surface area contributed by atoms with Crippen molar-refractivity contribution < 1.29 is 0 Å². The van der Waals surface area contributed by atoms with Gasteiger partial charge in [0, 0.05) is 43.8 Å². The average Bonchev–Trinajstić information content (AvgIpc) is 3.00. The van der Waals surface area contributed by atoms with Gasteiger partial charge in [-0.2, -0.15) is 0 Å². The third kappa shape index (κ3) is 4.00. The Morgan fingerprint density at radius 2 is 1.69 bits per heavy atom. The Morgan fingerprint density at radius 1 is 0.962 bits per heavy atom. The van der Waals surface area contributed by atoms with Gasteiger partial charge < -0.3 is 9.88 Å². The SMILES string of the molecule is Cn1c(CCNC2CCN(Cc3ccccc3)CC2)cc2ccccc21. The molecule has 3 nitrogen and oxygen atoms in total. The van der Waals surface area contributed by atoms with Gasteiger partial charge in [-0.25, -0.2) is 0 Å². The summed E-state index contributed by atoms with van der Waals surface area (Å²) in [7, 11) is 2.18. The first kappa shape index (κ1) is 17.3. The van der Waals surface area contributed by atoms with Crippen LogP contribution >= 0.6 is 0 Å². The summed E-state index contributed by atoms with van der Waals surface area (Å²) in [5.41, 5.74) is 4.17. The van der Waals surface area contributed by atoms with E-state index in [1.165, 1.54) is 48.1 Å². The topological polar surface area (TPSA) is 20.2 Å². The lowest BCUT2D eigenvalue weighted by Crippen LogP contribution is -2.42. The zero-order chi connectivity index (χ0) is 17.8. The van der Waals surface area contributed by atoms with E-state index in [1.54, 1.807) is 0 Å². The largest absolute Gasteiger partial charge is 0.348 e. The molecule has 1 aliphatic heterocycles. The van der Waals surface area contributed by atoms with Crippen LogP contribution in [0.5, 0.6) is 0 Å². The molecule has 2 aromatic carbocycles. The summed E-state index contributed by atoms with van der Waals surface area (Å²) < 4.78 is 2.33. The van der Waals surface area contributed by atoms with E-state index < -0.39 is 0 Å². The predicted octanol–water partition coefficient (Wildman–Crippen LogP) is 3.98. The normalized spacial score (nSPS) is 16.3. The van der Waals surface area contributed by atoms with Gasteiger partial charge in [0.1, 0.15) is 0 Å². The Kier molecular flexibility index (Phi) is 5.37. The molecule has 0 saturated carbocycles. The lowest BCUT2D eigenvalue weighted by atomic mass is 10.0. The van der Waals surface area contributed by atoms with Gasteiger partial charge >= 0.3 is 0 Å². The summed E-state index contributed by atoms with van der Waals surface area (Å²) in [6, 6.07) is 22.5. The Morgan fingerprint density at radius 3 is 2.46 bits per heavy atom. The Labute approximate surface area is 156 Å². The minimum Gasteiger partial charge on any atom is -0.348 e. The van der Waals surface area contributed by atoms with Gasteiger partial charge in [0.2, 0.25) is 0 Å². The van der Waals surface area contributed by atoms with Crippen LogP contribution in [-0.4, -0.2) is 35.1 Å². The van der Waals surface area contributed by atoms with Crippen LogP contribution in [-0.2, 0) is 20.0 Å². The third-order valence-corrected chi connectivity index (χ3v) is 5.70. The van der Waals surface area contributed by atoms with Gasteiger partial charge in [-0.05, 0) is 49.0 Å². The molecule has 0 amide bonds. The fraction of sp³-hybridized carbons (Fsp3) is 0.391. The van der Waals surface area contributed by atoms with Gasteiger partial charge in [0.25, 0.3) is 0 Å². The molecule has 26 heavy (non-hydrogen) atoms. The highest BCUT2D eigenvalue weighted by Gasteiger charge is 2.18. The van der Waals surface area contributed by atoms with E-state index in [1.807, 2.05) is 0 Å². The number of nitrogens with one attached hydrogen (secondary N) is 1. The van der Waals surface area contributed by atoms with E-state index in [-0.39, 0.29) is 0 Å². The zero-order valence-electron chi connectivity index (χ0n) is 15.7. The molecule has 0 spiro atoms. The van der Waals surface area contributed by atoms with Crippen LogP contribution in [0.25, 0.3) is 10.9 Å². The van der Waals surface area contributed by atoms with E-state index in [2.05, 4.69) is 82.5 Å². The lowest BCUT2D eigenvalue weighted by Gasteiger charge is -2.32. The molecule has 136 valence electrons. The molecule has 0 bridgehead atoms. The Balaban J connectivity index is 1.23. The van der Waals surface area contributed by atoms with E-state index in [0.29, 0.717) is 6.04 Å². The number of para-hydroxylation sites is 1. The molecule has 2 heterocycles. The third-order valence-electron chi connectivity index (χ3n) is 5.70. The molecular formula is C23H29N3. The predicted molar refractivity (Wildman–Crippen MR) is 109 cm³/mol. The van der Waals surface area contributed by atoms with Crippen molar-refractivity contribution in [3.8, 4) is 0 Å². The number of benzene rings is 2. The highest BCUT2D eigenvalue weighted by molar-refractivity contribution is 5.81. The average molecular weight is 348 g/mol. The van der Waals surface area contributed by atoms with Gasteiger partial charge in [0.05, 0.1) is 0 Å². The standard InChI is InChI=1S/C23H29N3/c1-25-22(17-20-9-5-6-10-23(20)25)11-14-24-21-12-15-26(16-13-21)18-19-7-3-2-4-8-19/h2-10,17,21,24H,11-16,18H2,1H3. The van der Waals surface area contributed by atoms with Crippen molar-refractivity contribution in [1.82, 2.24) is 14.8 Å². The molecule has 0 aliphatic carbocycles. The Hall–Kier alpha value is -2.10. The van der Waals surface area contributed by atoms with Crippen molar-refractivity contribution in [3.05, 3.63) is 71.9 Å². The summed E-state index contributed by atoms with van der Waals surface area (Å²) >= 11 is 0. The molecule has 1 saturated heterocycles. The molecular weight excluding hydrogens is 318 g/mol. The molecule has 3 heteroatoms. The second-order valence-electron chi connectivity index (χ2n) is 7.49. The lowest BCUT2D eigenvalue weighted by molar-refractivity contribution is 0.191. The summed E-state index contributed by atoms with van der Waals surface area (Å²) in [6.07, 6.45) is 3.60. The second-order valence-corrected chi connectivity index (χ2v) is 7.49. The smallest absolute Gasteiger partial charge is 0.0479 e. The molecule has 0 unspecified atom stereocenters. The van der Waals surface area contributed by atoms with Crippen molar-refractivity contribution in [2.24, 2.45) is 7.05 Å². The number of aryl methyl sites for hydroxylation is 1. The van der Waals surface area contributed by atoms with Crippen LogP contribution < -0.4 is 5.32 Å². The molecule has 3 aromatic rings. The monoisotopic (exact) mass is 347 g/mol. The quantitative estimate of drug-likeness (QED) is 0.728. The second kappa shape index (κ2) is 8.07. The molecule has 1 aliphatic rings. The minimum absolute atomic E-state index is 0.664. The number of aromatic nitrogens is 1. The maximum atomic E-state index is 3.79. The Bertz CT molecular complexity index is 829. The summed E-state index contributed by atoms with van der Waals surface area (Å²) in [4.78, 5) is 2.58. The van der Waals surface area contributed by atoms with Crippen molar-refractivity contribution in [2.75, 3.05) is 19.6 Å². The van der Waals surface area contributed by atoms with E-state index in [0.717, 1.165) is 19.5 Å². The highest BCUT2D eigenvalue weighted by atomic mass is 15.1.